The average Bonchev–Trinajstić information content (AvgIpc) is 3.21. The molecule has 0 saturated heterocycles. The van der Waals surface area contributed by atoms with Crippen molar-refractivity contribution in [2.24, 2.45) is 0 Å². The lowest BCUT2D eigenvalue weighted by Crippen LogP contribution is -2.13. The predicted molar refractivity (Wildman–Crippen MR) is 146 cm³/mol. The van der Waals surface area contributed by atoms with Crippen molar-refractivity contribution in [2.45, 2.75) is 52.4 Å². The van der Waals surface area contributed by atoms with Crippen LogP contribution in [-0.4, -0.2) is 23.2 Å². The molecule has 1 aliphatic carbocycles. The Hall–Kier alpha value is -2.64. The number of hydrogen-bond acceptors (Lipinski definition) is 5. The van der Waals surface area contributed by atoms with Gasteiger partial charge in [0.1, 0.15) is 35.4 Å². The van der Waals surface area contributed by atoms with Crippen LogP contribution in [0.2, 0.25) is 0 Å². The number of rotatable bonds is 7. The first kappa shape index (κ1) is 24.1. The molecule has 0 saturated carbocycles. The quantitative estimate of drug-likeness (QED) is 0.246. The molecule has 7 heteroatoms. The van der Waals surface area contributed by atoms with E-state index < -0.39 is 0 Å². The lowest BCUT2D eigenvalue weighted by atomic mass is 9.97. The van der Waals surface area contributed by atoms with Gasteiger partial charge in [0.25, 0.3) is 5.56 Å². The van der Waals surface area contributed by atoms with E-state index in [4.69, 9.17) is 14.5 Å². The Bertz CT molecular complexity index is 1440. The van der Waals surface area contributed by atoms with Crippen molar-refractivity contribution in [3.63, 3.8) is 0 Å². The van der Waals surface area contributed by atoms with Crippen molar-refractivity contribution in [2.75, 3.05) is 13.2 Å². The molecule has 0 bridgehead atoms. The van der Waals surface area contributed by atoms with Crippen molar-refractivity contribution in [1.29, 1.82) is 0 Å². The van der Waals surface area contributed by atoms with Gasteiger partial charge in [0.2, 0.25) is 0 Å². The molecule has 2 heterocycles. The van der Waals surface area contributed by atoms with Crippen LogP contribution in [0.15, 0.2) is 45.7 Å². The number of thiophene rings is 1. The largest absolute Gasteiger partial charge is 0.490 e. The summed E-state index contributed by atoms with van der Waals surface area (Å²) in [6.07, 6.45) is 4.31. The highest BCUT2D eigenvalue weighted by atomic mass is 79.9. The summed E-state index contributed by atoms with van der Waals surface area (Å²) < 4.78 is 13.1. The highest BCUT2D eigenvalue weighted by Crippen LogP contribution is 2.36. The van der Waals surface area contributed by atoms with E-state index in [2.05, 4.69) is 59.9 Å². The van der Waals surface area contributed by atoms with Crippen molar-refractivity contribution in [3.8, 4) is 22.9 Å². The first-order valence-corrected chi connectivity index (χ1v) is 13.7. The number of H-pyrrole nitrogens is 1. The molecule has 0 aliphatic heterocycles. The number of fused-ring (bicyclic) bond motifs is 3. The summed E-state index contributed by atoms with van der Waals surface area (Å²) >= 11 is 5.20. The number of aromatic nitrogens is 2. The van der Waals surface area contributed by atoms with E-state index in [-0.39, 0.29) is 5.56 Å². The van der Waals surface area contributed by atoms with Crippen LogP contribution in [0.25, 0.3) is 21.6 Å². The summed E-state index contributed by atoms with van der Waals surface area (Å²) in [6.45, 7) is 7.18. The standard InChI is InChI=1S/C28H29BrN2O3S/c1-16(2)19-10-8-17(3)14-23(19)34-13-12-33-22-11-9-18(29)15-21(22)26-30-27(32)25-20-6-4-5-7-24(20)35-28(25)31-26/h8-11,14-16H,4-7,12-13H2,1-3H3,(H,30,31,32). The Morgan fingerprint density at radius 3 is 2.63 bits per heavy atom. The Balaban J connectivity index is 1.38. The summed E-state index contributed by atoms with van der Waals surface area (Å²) in [5.74, 6) is 2.47. The van der Waals surface area contributed by atoms with Gasteiger partial charge in [0.15, 0.2) is 0 Å². The lowest BCUT2D eigenvalue weighted by Gasteiger charge is -2.16. The number of aromatic amines is 1. The van der Waals surface area contributed by atoms with E-state index in [1.807, 2.05) is 18.2 Å². The normalized spacial score (nSPS) is 13.3. The molecule has 0 fully saturated rings. The SMILES string of the molecule is Cc1ccc(C(C)C)c(OCCOc2ccc(Br)cc2-c2nc3sc4c(c3c(=O)[nH]2)CCCC4)c1. The first-order chi connectivity index (χ1) is 16.9. The van der Waals surface area contributed by atoms with Crippen molar-refractivity contribution >= 4 is 37.5 Å². The van der Waals surface area contributed by atoms with E-state index in [1.165, 1.54) is 28.0 Å². The van der Waals surface area contributed by atoms with Gasteiger partial charge in [0.05, 0.1) is 10.9 Å². The van der Waals surface area contributed by atoms with Gasteiger partial charge in [0, 0.05) is 9.35 Å². The second-order valence-electron chi connectivity index (χ2n) is 9.34. The van der Waals surface area contributed by atoms with Crippen molar-refractivity contribution in [3.05, 3.63) is 72.8 Å². The molecule has 2 aromatic carbocycles. The minimum Gasteiger partial charge on any atom is -0.490 e. The summed E-state index contributed by atoms with van der Waals surface area (Å²) in [5.41, 5.74) is 4.23. The Kier molecular flexibility index (Phi) is 6.98. The third kappa shape index (κ3) is 5.02. The minimum atomic E-state index is -0.0701. The van der Waals surface area contributed by atoms with Crippen LogP contribution in [0, 0.1) is 6.92 Å². The highest BCUT2D eigenvalue weighted by molar-refractivity contribution is 9.10. The van der Waals surface area contributed by atoms with Gasteiger partial charge < -0.3 is 14.5 Å². The van der Waals surface area contributed by atoms with Crippen LogP contribution in [0.1, 0.15) is 54.2 Å². The molecule has 5 rings (SSSR count). The number of hydrogen-bond donors (Lipinski definition) is 1. The summed E-state index contributed by atoms with van der Waals surface area (Å²) in [5, 5.41) is 0.762. The summed E-state index contributed by atoms with van der Waals surface area (Å²) in [4.78, 5) is 23.1. The predicted octanol–water partition coefficient (Wildman–Crippen LogP) is 7.18. The van der Waals surface area contributed by atoms with Gasteiger partial charge in [-0.3, -0.25) is 4.79 Å². The molecular formula is C28H29BrN2O3S. The van der Waals surface area contributed by atoms with Gasteiger partial charge in [-0.2, -0.15) is 0 Å². The van der Waals surface area contributed by atoms with Crippen LogP contribution in [0.5, 0.6) is 11.5 Å². The lowest BCUT2D eigenvalue weighted by molar-refractivity contribution is 0.216. The Morgan fingerprint density at radius 1 is 1.06 bits per heavy atom. The van der Waals surface area contributed by atoms with E-state index in [0.717, 1.165) is 45.3 Å². The minimum absolute atomic E-state index is 0.0701. The molecule has 1 aliphatic rings. The first-order valence-electron chi connectivity index (χ1n) is 12.1. The third-order valence-corrected chi connectivity index (χ3v) is 8.09. The molecule has 0 atom stereocenters. The second kappa shape index (κ2) is 10.2. The highest BCUT2D eigenvalue weighted by Gasteiger charge is 2.21. The molecule has 0 radical (unpaired) electrons. The number of halogens is 1. The molecule has 35 heavy (non-hydrogen) atoms. The topological polar surface area (TPSA) is 64.2 Å². The summed E-state index contributed by atoms with van der Waals surface area (Å²) in [6, 6.07) is 12.1. The second-order valence-corrected chi connectivity index (χ2v) is 11.3. The molecule has 182 valence electrons. The zero-order valence-electron chi connectivity index (χ0n) is 20.2. The van der Waals surface area contributed by atoms with Crippen molar-refractivity contribution < 1.29 is 9.47 Å². The van der Waals surface area contributed by atoms with Gasteiger partial charge in [-0.25, -0.2) is 4.98 Å². The maximum Gasteiger partial charge on any atom is 0.260 e. The van der Waals surface area contributed by atoms with Gasteiger partial charge in [-0.1, -0.05) is 41.9 Å². The number of nitrogens with one attached hydrogen (secondary N) is 1. The van der Waals surface area contributed by atoms with Crippen LogP contribution in [0.3, 0.4) is 0 Å². The molecule has 1 N–H and O–H groups in total. The van der Waals surface area contributed by atoms with E-state index in [1.54, 1.807) is 11.3 Å². The number of benzene rings is 2. The Labute approximate surface area is 217 Å². The maximum atomic E-state index is 13.1. The third-order valence-electron chi connectivity index (χ3n) is 6.41. The zero-order valence-corrected chi connectivity index (χ0v) is 22.6. The van der Waals surface area contributed by atoms with Crippen LogP contribution in [0.4, 0.5) is 0 Å². The van der Waals surface area contributed by atoms with Gasteiger partial charge in [-0.15, -0.1) is 11.3 Å². The molecule has 4 aromatic rings. The average molecular weight is 554 g/mol. The smallest absolute Gasteiger partial charge is 0.260 e. The van der Waals surface area contributed by atoms with E-state index >= 15 is 0 Å². The van der Waals surface area contributed by atoms with Gasteiger partial charge >= 0.3 is 0 Å². The fraction of sp³-hybridized carbons (Fsp3) is 0.357. The van der Waals surface area contributed by atoms with Crippen LogP contribution >= 0.6 is 27.3 Å². The molecule has 0 spiro atoms. The monoisotopic (exact) mass is 552 g/mol. The molecular weight excluding hydrogens is 524 g/mol. The molecule has 0 amide bonds. The Morgan fingerprint density at radius 2 is 1.83 bits per heavy atom. The van der Waals surface area contributed by atoms with E-state index in [0.29, 0.717) is 30.7 Å². The molecule has 0 unspecified atom stereocenters. The number of ether oxygens (including phenoxy) is 2. The molecule has 5 nitrogen and oxygen atoms in total. The number of aryl methyl sites for hydroxylation is 3. The van der Waals surface area contributed by atoms with E-state index in [9.17, 15) is 4.79 Å². The molecule has 2 aromatic heterocycles. The van der Waals surface area contributed by atoms with Crippen molar-refractivity contribution in [1.82, 2.24) is 9.97 Å². The number of nitrogens with zero attached hydrogens (tertiary/aromatic N) is 1. The van der Waals surface area contributed by atoms with Crippen LogP contribution < -0.4 is 15.0 Å². The van der Waals surface area contributed by atoms with Gasteiger partial charge in [-0.05, 0) is 79.5 Å². The summed E-state index contributed by atoms with van der Waals surface area (Å²) in [7, 11) is 0. The zero-order chi connectivity index (χ0) is 24.5. The maximum absolute atomic E-state index is 13.1. The fourth-order valence-electron chi connectivity index (χ4n) is 4.65. The van der Waals surface area contributed by atoms with Crippen LogP contribution in [-0.2, 0) is 12.8 Å². The fourth-order valence-corrected chi connectivity index (χ4v) is 6.27.